The van der Waals surface area contributed by atoms with E-state index in [9.17, 15) is 21.6 Å². The number of rotatable bonds is 9. The number of nitrogens with two attached hydrogens (primary N) is 1. The lowest BCUT2D eigenvalue weighted by atomic mass is 10.1. The summed E-state index contributed by atoms with van der Waals surface area (Å²) in [5, 5.41) is 3.99. The molecule has 1 aliphatic heterocycles. The Hall–Kier alpha value is -3.92. The molecule has 45 heavy (non-hydrogen) atoms. The van der Waals surface area contributed by atoms with E-state index < -0.39 is 26.8 Å². The maximum Gasteiger partial charge on any atom is 0.417 e. The van der Waals surface area contributed by atoms with Gasteiger partial charge in [0.15, 0.2) is 0 Å². The van der Waals surface area contributed by atoms with Gasteiger partial charge in [0.25, 0.3) is 10.0 Å². The number of para-hydroxylation sites is 1. The highest BCUT2D eigenvalue weighted by molar-refractivity contribution is 7.99. The molecule has 0 bridgehead atoms. The van der Waals surface area contributed by atoms with Crippen molar-refractivity contribution >= 4 is 78.5 Å². The van der Waals surface area contributed by atoms with Gasteiger partial charge in [-0.05, 0) is 48.5 Å². The lowest BCUT2D eigenvalue weighted by Crippen LogP contribution is -2.46. The summed E-state index contributed by atoms with van der Waals surface area (Å²) in [6.07, 6.45) is -4.59. The van der Waals surface area contributed by atoms with E-state index in [1.165, 1.54) is 6.07 Å². The SMILES string of the molecule is Nc1nc(N2CCN(CSCNc3ccc(S(=O)(=O)Nc4ccccc4)cc3)CC2)c2c(n1)[nH]c1cc(C(F)(F)F)c(Cl)cc12. The Morgan fingerprint density at radius 2 is 1.69 bits per heavy atom. The van der Waals surface area contributed by atoms with Crippen LogP contribution in [-0.2, 0) is 16.2 Å². The molecule has 5 N–H and O–H groups in total. The van der Waals surface area contributed by atoms with E-state index >= 15 is 0 Å². The molecule has 0 spiro atoms. The number of aromatic amines is 1. The number of nitrogens with one attached hydrogen (secondary N) is 3. The molecule has 1 saturated heterocycles. The van der Waals surface area contributed by atoms with Crippen molar-refractivity contribution in [2.45, 2.75) is 11.1 Å². The molecule has 10 nitrogen and oxygen atoms in total. The summed E-state index contributed by atoms with van der Waals surface area (Å²) in [6, 6.07) is 17.6. The van der Waals surface area contributed by atoms with E-state index in [-0.39, 0.29) is 16.4 Å². The fraction of sp³-hybridized carbons (Fsp3) is 0.241. The minimum absolute atomic E-state index is 0.0216. The van der Waals surface area contributed by atoms with Crippen LogP contribution in [0.5, 0.6) is 0 Å². The quantitative estimate of drug-likeness (QED) is 0.109. The number of benzene rings is 3. The van der Waals surface area contributed by atoms with Gasteiger partial charge in [0.05, 0.1) is 26.7 Å². The van der Waals surface area contributed by atoms with Crippen molar-refractivity contribution in [3.05, 3.63) is 77.3 Å². The first-order valence-corrected chi connectivity index (χ1v) is 16.8. The van der Waals surface area contributed by atoms with Gasteiger partial charge in [0.2, 0.25) is 5.95 Å². The van der Waals surface area contributed by atoms with Crippen molar-refractivity contribution in [2.24, 2.45) is 0 Å². The number of thioether (sulfide) groups is 1. The molecule has 0 unspecified atom stereocenters. The largest absolute Gasteiger partial charge is 0.417 e. The number of halogens is 4. The molecule has 0 radical (unpaired) electrons. The molecule has 0 atom stereocenters. The Morgan fingerprint density at radius 1 is 0.978 bits per heavy atom. The van der Waals surface area contributed by atoms with Gasteiger partial charge in [-0.15, -0.1) is 11.8 Å². The Morgan fingerprint density at radius 3 is 2.38 bits per heavy atom. The second-order valence-electron chi connectivity index (χ2n) is 10.4. The molecule has 6 rings (SSSR count). The van der Waals surface area contributed by atoms with Crippen LogP contribution in [0.4, 0.5) is 36.3 Å². The van der Waals surface area contributed by atoms with Crippen LogP contribution < -0.4 is 20.7 Å². The van der Waals surface area contributed by atoms with E-state index in [2.05, 4.69) is 34.8 Å². The number of piperazine rings is 1. The van der Waals surface area contributed by atoms with Crippen LogP contribution in [0, 0.1) is 0 Å². The number of nitrogens with zero attached hydrogens (tertiary/aromatic N) is 4. The number of anilines is 4. The molecule has 1 aliphatic rings. The van der Waals surface area contributed by atoms with Gasteiger partial charge in [0.1, 0.15) is 11.5 Å². The predicted octanol–water partition coefficient (Wildman–Crippen LogP) is 6.05. The zero-order chi connectivity index (χ0) is 31.8. The van der Waals surface area contributed by atoms with Crippen LogP contribution in [0.1, 0.15) is 5.56 Å². The minimum Gasteiger partial charge on any atom is -0.376 e. The molecule has 16 heteroatoms. The van der Waals surface area contributed by atoms with Crippen molar-refractivity contribution in [3.8, 4) is 0 Å². The second kappa shape index (κ2) is 12.5. The summed E-state index contributed by atoms with van der Waals surface area (Å²) in [5.74, 6) is 1.96. The number of hydrogen-bond donors (Lipinski definition) is 4. The van der Waals surface area contributed by atoms with E-state index in [1.54, 1.807) is 60.3 Å². The Kier molecular flexibility index (Phi) is 8.61. The number of alkyl halides is 3. The highest BCUT2D eigenvalue weighted by Crippen LogP contribution is 2.40. The molecular weight excluding hydrogens is 649 g/mol. The topological polar surface area (TPSA) is 132 Å². The third kappa shape index (κ3) is 6.85. The molecule has 3 aromatic carbocycles. The fourth-order valence-electron chi connectivity index (χ4n) is 5.13. The smallest absolute Gasteiger partial charge is 0.376 e. The molecule has 3 heterocycles. The monoisotopic (exact) mass is 676 g/mol. The van der Waals surface area contributed by atoms with Gasteiger partial charge in [0, 0.05) is 54.3 Å². The van der Waals surface area contributed by atoms with Gasteiger partial charge >= 0.3 is 6.18 Å². The first kappa shape index (κ1) is 31.1. The summed E-state index contributed by atoms with van der Waals surface area (Å²) in [5.41, 5.74) is 6.95. The standard InChI is InChI=1S/C29H28ClF3N8O2S2/c30-23-14-21-24(15-22(23)29(31,32)33)36-26-25(21)27(38-28(34)37-26)41-12-10-40(11-13-41)17-44-16-35-18-6-8-20(9-7-18)45(42,43)39-19-4-2-1-3-5-19/h1-9,14-15,35,39H,10-13,16-17H2,(H3,34,36,37,38). The van der Waals surface area contributed by atoms with Crippen LogP contribution in [0.3, 0.4) is 0 Å². The first-order valence-electron chi connectivity index (χ1n) is 13.8. The molecule has 2 aromatic heterocycles. The molecule has 0 aliphatic carbocycles. The second-order valence-corrected chi connectivity index (χ2v) is 13.4. The molecular formula is C29H28ClF3N8O2S2. The van der Waals surface area contributed by atoms with E-state index in [0.29, 0.717) is 46.9 Å². The van der Waals surface area contributed by atoms with Crippen LogP contribution >= 0.6 is 23.4 Å². The predicted molar refractivity (Wildman–Crippen MR) is 174 cm³/mol. The van der Waals surface area contributed by atoms with Crippen LogP contribution in [-0.4, -0.2) is 66.2 Å². The average Bonchev–Trinajstić information content (AvgIpc) is 3.36. The summed E-state index contributed by atoms with van der Waals surface area (Å²) >= 11 is 7.72. The van der Waals surface area contributed by atoms with Gasteiger partial charge in [-0.25, -0.2) is 8.42 Å². The zero-order valence-corrected chi connectivity index (χ0v) is 26.0. The normalized spacial score (nSPS) is 14.7. The summed E-state index contributed by atoms with van der Waals surface area (Å²) < 4.78 is 68.1. The molecule has 1 fully saturated rings. The molecule has 236 valence electrons. The van der Waals surface area contributed by atoms with E-state index in [1.807, 2.05) is 6.07 Å². The van der Waals surface area contributed by atoms with Crippen LogP contribution in [0.2, 0.25) is 5.02 Å². The van der Waals surface area contributed by atoms with Crippen LogP contribution in [0.25, 0.3) is 21.9 Å². The number of aromatic nitrogens is 3. The summed E-state index contributed by atoms with van der Waals surface area (Å²) in [4.78, 5) is 16.1. The summed E-state index contributed by atoms with van der Waals surface area (Å²) in [6.45, 7) is 2.74. The third-order valence-electron chi connectivity index (χ3n) is 7.36. The van der Waals surface area contributed by atoms with E-state index in [0.717, 1.165) is 30.7 Å². The van der Waals surface area contributed by atoms with Crippen LogP contribution in [0.15, 0.2) is 71.6 Å². The Labute approximate surface area is 266 Å². The number of H-pyrrole nitrogens is 1. The summed E-state index contributed by atoms with van der Waals surface area (Å²) in [7, 11) is -3.68. The van der Waals surface area contributed by atoms with Gasteiger partial charge in [-0.1, -0.05) is 29.8 Å². The molecule has 0 saturated carbocycles. The van der Waals surface area contributed by atoms with Crippen molar-refractivity contribution in [1.82, 2.24) is 19.9 Å². The average molecular weight is 677 g/mol. The Balaban J connectivity index is 1.04. The fourth-order valence-corrected chi connectivity index (χ4v) is 7.34. The Bertz CT molecular complexity index is 1930. The van der Waals surface area contributed by atoms with Crippen molar-refractivity contribution in [2.75, 3.05) is 58.6 Å². The lowest BCUT2D eigenvalue weighted by Gasteiger charge is -2.35. The van der Waals surface area contributed by atoms with E-state index in [4.69, 9.17) is 17.3 Å². The van der Waals surface area contributed by atoms with Crippen molar-refractivity contribution in [3.63, 3.8) is 0 Å². The zero-order valence-electron chi connectivity index (χ0n) is 23.6. The number of sulfonamides is 1. The van der Waals surface area contributed by atoms with Gasteiger partial charge in [-0.3, -0.25) is 9.62 Å². The maximum atomic E-state index is 13.4. The number of fused-ring (bicyclic) bond motifs is 3. The lowest BCUT2D eigenvalue weighted by molar-refractivity contribution is -0.137. The maximum absolute atomic E-state index is 13.4. The number of hydrogen-bond acceptors (Lipinski definition) is 9. The third-order valence-corrected chi connectivity index (χ3v) is 9.96. The van der Waals surface area contributed by atoms with Crippen molar-refractivity contribution in [1.29, 1.82) is 0 Å². The minimum atomic E-state index is -4.59. The highest BCUT2D eigenvalue weighted by atomic mass is 35.5. The molecule has 5 aromatic rings. The molecule has 0 amide bonds. The first-order chi connectivity index (χ1) is 21.5. The van der Waals surface area contributed by atoms with Crippen molar-refractivity contribution < 1.29 is 21.6 Å². The highest BCUT2D eigenvalue weighted by Gasteiger charge is 2.34. The number of nitrogen functional groups attached to an aromatic ring is 1. The van der Waals surface area contributed by atoms with Gasteiger partial charge in [-0.2, -0.15) is 23.1 Å². The van der Waals surface area contributed by atoms with Gasteiger partial charge < -0.3 is 20.9 Å².